The summed E-state index contributed by atoms with van der Waals surface area (Å²) in [7, 11) is 0. The van der Waals surface area contributed by atoms with Crippen LogP contribution in [0.15, 0.2) is 6.07 Å². The molecule has 0 bridgehead atoms. The number of ketones is 1. The summed E-state index contributed by atoms with van der Waals surface area (Å²) in [5, 5.41) is 4.32. The van der Waals surface area contributed by atoms with Crippen molar-refractivity contribution in [2.75, 3.05) is 0 Å². The van der Waals surface area contributed by atoms with Crippen molar-refractivity contribution < 1.29 is 4.79 Å². The molecule has 0 saturated carbocycles. The smallest absolute Gasteiger partial charge is 0.180 e. The third-order valence-electron chi connectivity index (χ3n) is 3.49. The number of unbranched alkanes of at least 4 members (excludes halogenated alkanes) is 6. The molecule has 0 radical (unpaired) electrons. The van der Waals surface area contributed by atoms with Gasteiger partial charge in [-0.25, -0.2) is 0 Å². The molecular formula is C16H28N2O. The van der Waals surface area contributed by atoms with Gasteiger partial charge in [0, 0.05) is 13.0 Å². The largest absolute Gasteiger partial charge is 0.292 e. The fourth-order valence-electron chi connectivity index (χ4n) is 2.38. The lowest BCUT2D eigenvalue weighted by atomic mass is 10.1. The van der Waals surface area contributed by atoms with Crippen LogP contribution in [-0.2, 0) is 6.54 Å². The summed E-state index contributed by atoms with van der Waals surface area (Å²) >= 11 is 0. The van der Waals surface area contributed by atoms with Crippen molar-refractivity contribution in [2.24, 2.45) is 0 Å². The molecule has 108 valence electrons. The molecule has 0 atom stereocenters. The van der Waals surface area contributed by atoms with E-state index in [0.717, 1.165) is 24.4 Å². The van der Waals surface area contributed by atoms with Gasteiger partial charge in [-0.05, 0) is 26.3 Å². The molecule has 0 unspecified atom stereocenters. The van der Waals surface area contributed by atoms with Gasteiger partial charge in [-0.1, -0.05) is 45.4 Å². The van der Waals surface area contributed by atoms with Gasteiger partial charge < -0.3 is 0 Å². The van der Waals surface area contributed by atoms with E-state index < -0.39 is 0 Å². The number of carbonyl (C=O) groups excluding carboxylic acids is 1. The van der Waals surface area contributed by atoms with Crippen LogP contribution in [0, 0.1) is 6.92 Å². The molecule has 0 spiro atoms. The van der Waals surface area contributed by atoms with E-state index >= 15 is 0 Å². The van der Waals surface area contributed by atoms with Crippen molar-refractivity contribution in [3.8, 4) is 0 Å². The van der Waals surface area contributed by atoms with Crippen molar-refractivity contribution in [1.29, 1.82) is 0 Å². The molecule has 3 nitrogen and oxygen atoms in total. The topological polar surface area (TPSA) is 34.9 Å². The predicted molar refractivity (Wildman–Crippen MR) is 79.6 cm³/mol. The average Bonchev–Trinajstić information content (AvgIpc) is 2.79. The third kappa shape index (κ3) is 5.58. The van der Waals surface area contributed by atoms with Gasteiger partial charge in [-0.2, -0.15) is 5.10 Å². The highest BCUT2D eigenvalue weighted by molar-refractivity contribution is 5.94. The summed E-state index contributed by atoms with van der Waals surface area (Å²) in [6, 6.07) is 1.91. The Balaban J connectivity index is 2.24. The minimum absolute atomic E-state index is 0.246. The van der Waals surface area contributed by atoms with Crippen LogP contribution in [-0.4, -0.2) is 15.6 Å². The normalized spacial score (nSPS) is 10.9. The monoisotopic (exact) mass is 264 g/mol. The van der Waals surface area contributed by atoms with E-state index in [1.54, 1.807) is 0 Å². The zero-order chi connectivity index (χ0) is 14.1. The SMILES string of the molecule is CCCCCCCCCC(=O)c1cc(C)nn1CC. The van der Waals surface area contributed by atoms with E-state index in [1.165, 1.54) is 38.5 Å². The highest BCUT2D eigenvalue weighted by Gasteiger charge is 2.12. The van der Waals surface area contributed by atoms with E-state index in [2.05, 4.69) is 12.0 Å². The average molecular weight is 264 g/mol. The third-order valence-corrected chi connectivity index (χ3v) is 3.49. The molecule has 0 aliphatic carbocycles. The molecule has 0 N–H and O–H groups in total. The molecule has 0 saturated heterocycles. The number of aryl methyl sites for hydroxylation is 2. The van der Waals surface area contributed by atoms with Crippen LogP contribution in [0.4, 0.5) is 0 Å². The summed E-state index contributed by atoms with van der Waals surface area (Å²) in [5.41, 5.74) is 1.72. The lowest BCUT2D eigenvalue weighted by molar-refractivity contribution is 0.0968. The number of aromatic nitrogens is 2. The molecular weight excluding hydrogens is 236 g/mol. The fourth-order valence-corrected chi connectivity index (χ4v) is 2.38. The van der Waals surface area contributed by atoms with Crippen LogP contribution in [0.3, 0.4) is 0 Å². The second-order valence-corrected chi connectivity index (χ2v) is 5.28. The van der Waals surface area contributed by atoms with Crippen LogP contribution in [0.2, 0.25) is 0 Å². The van der Waals surface area contributed by atoms with E-state index in [4.69, 9.17) is 0 Å². The summed E-state index contributed by atoms with van der Waals surface area (Å²) in [6.07, 6.45) is 9.40. The Bertz CT molecular complexity index is 382. The quantitative estimate of drug-likeness (QED) is 0.459. The van der Waals surface area contributed by atoms with Crippen LogP contribution in [0.1, 0.15) is 81.4 Å². The lowest BCUT2D eigenvalue weighted by Gasteiger charge is -2.04. The van der Waals surface area contributed by atoms with Gasteiger partial charge in [0.2, 0.25) is 0 Å². The van der Waals surface area contributed by atoms with Crippen LogP contribution in [0.25, 0.3) is 0 Å². The van der Waals surface area contributed by atoms with Crippen LogP contribution < -0.4 is 0 Å². The first-order valence-electron chi connectivity index (χ1n) is 7.76. The number of carbonyl (C=O) groups is 1. The first kappa shape index (κ1) is 15.9. The molecule has 1 aromatic heterocycles. The Morgan fingerprint density at radius 2 is 1.74 bits per heavy atom. The van der Waals surface area contributed by atoms with Gasteiger partial charge in [0.15, 0.2) is 5.78 Å². The highest BCUT2D eigenvalue weighted by atomic mass is 16.1. The Morgan fingerprint density at radius 3 is 2.37 bits per heavy atom. The number of hydrogen-bond acceptors (Lipinski definition) is 2. The van der Waals surface area contributed by atoms with Gasteiger partial charge in [-0.3, -0.25) is 9.48 Å². The number of Topliss-reactive ketones (excluding diaryl/α,β-unsaturated/α-hetero) is 1. The molecule has 0 aliphatic heterocycles. The van der Waals surface area contributed by atoms with Crippen molar-refractivity contribution in [1.82, 2.24) is 9.78 Å². The molecule has 0 aromatic carbocycles. The lowest BCUT2D eigenvalue weighted by Crippen LogP contribution is -2.09. The Morgan fingerprint density at radius 1 is 1.11 bits per heavy atom. The summed E-state index contributed by atoms with van der Waals surface area (Å²) in [6.45, 7) is 6.97. The molecule has 1 aromatic rings. The molecule has 1 heterocycles. The number of rotatable bonds is 10. The van der Waals surface area contributed by atoms with E-state index in [1.807, 2.05) is 24.6 Å². The van der Waals surface area contributed by atoms with Crippen LogP contribution >= 0.6 is 0 Å². The number of nitrogens with zero attached hydrogens (tertiary/aromatic N) is 2. The van der Waals surface area contributed by atoms with Crippen molar-refractivity contribution in [3.63, 3.8) is 0 Å². The highest BCUT2D eigenvalue weighted by Crippen LogP contribution is 2.12. The molecule has 1 rings (SSSR count). The van der Waals surface area contributed by atoms with Crippen molar-refractivity contribution in [3.05, 3.63) is 17.5 Å². The van der Waals surface area contributed by atoms with E-state index in [-0.39, 0.29) is 5.78 Å². The molecule has 0 aliphatic rings. The van der Waals surface area contributed by atoms with E-state index in [0.29, 0.717) is 6.42 Å². The summed E-state index contributed by atoms with van der Waals surface area (Å²) < 4.78 is 1.82. The predicted octanol–water partition coefficient (Wildman–Crippen LogP) is 4.53. The number of hydrogen-bond donors (Lipinski definition) is 0. The zero-order valence-electron chi connectivity index (χ0n) is 12.7. The minimum Gasteiger partial charge on any atom is -0.292 e. The zero-order valence-corrected chi connectivity index (χ0v) is 12.7. The van der Waals surface area contributed by atoms with Gasteiger partial charge in [0.05, 0.1) is 5.69 Å². The van der Waals surface area contributed by atoms with E-state index in [9.17, 15) is 4.79 Å². The maximum absolute atomic E-state index is 12.1. The molecule has 0 amide bonds. The molecule has 19 heavy (non-hydrogen) atoms. The minimum atomic E-state index is 0.246. The van der Waals surface area contributed by atoms with Gasteiger partial charge in [0.25, 0.3) is 0 Å². The first-order chi connectivity index (χ1) is 9.19. The maximum atomic E-state index is 12.1. The Labute approximate surface area is 117 Å². The van der Waals surface area contributed by atoms with Gasteiger partial charge in [-0.15, -0.1) is 0 Å². The Kier molecular flexibility index (Phi) is 7.46. The van der Waals surface area contributed by atoms with Crippen molar-refractivity contribution in [2.45, 2.75) is 78.7 Å². The standard InChI is InChI=1S/C16H28N2O/c1-4-6-7-8-9-10-11-12-16(19)15-13-14(3)17-18(15)5-2/h13H,4-12H2,1-3H3. The molecule has 3 heteroatoms. The fraction of sp³-hybridized carbons (Fsp3) is 0.750. The second kappa shape index (κ2) is 8.89. The molecule has 0 fully saturated rings. The summed E-state index contributed by atoms with van der Waals surface area (Å²) in [5.74, 6) is 0.246. The summed E-state index contributed by atoms with van der Waals surface area (Å²) in [4.78, 5) is 12.1. The second-order valence-electron chi connectivity index (χ2n) is 5.28. The van der Waals surface area contributed by atoms with Crippen LogP contribution in [0.5, 0.6) is 0 Å². The Hall–Kier alpha value is -1.12. The van der Waals surface area contributed by atoms with Gasteiger partial charge in [0.1, 0.15) is 5.69 Å². The van der Waals surface area contributed by atoms with Gasteiger partial charge >= 0.3 is 0 Å². The van der Waals surface area contributed by atoms with Crippen molar-refractivity contribution >= 4 is 5.78 Å². The first-order valence-corrected chi connectivity index (χ1v) is 7.76. The maximum Gasteiger partial charge on any atom is 0.180 e.